The average Bonchev–Trinajstić information content (AvgIpc) is 2.93. The first-order valence-corrected chi connectivity index (χ1v) is 6.37. The van der Waals surface area contributed by atoms with Crippen LogP contribution in [0.5, 0.6) is 0 Å². The molecule has 0 fully saturated rings. The van der Waals surface area contributed by atoms with Crippen LogP contribution in [-0.2, 0) is 0 Å². The molecule has 6 nitrogen and oxygen atoms in total. The van der Waals surface area contributed by atoms with Gasteiger partial charge < -0.3 is 15.5 Å². The molecule has 0 saturated heterocycles. The minimum absolute atomic E-state index is 0.0622. The molecule has 2 heterocycles. The molecule has 0 radical (unpaired) electrons. The summed E-state index contributed by atoms with van der Waals surface area (Å²) >= 11 is 0. The van der Waals surface area contributed by atoms with Crippen LogP contribution in [0.15, 0.2) is 41.4 Å². The molecule has 3 N–H and O–H groups in total. The Bertz CT molecular complexity index is 705. The molecule has 20 heavy (non-hydrogen) atoms. The molecule has 0 aliphatic rings. The van der Waals surface area contributed by atoms with E-state index in [4.69, 9.17) is 10.2 Å². The number of fused-ring (bicyclic) bond motifs is 1. The number of benzene rings is 1. The number of nitrogens with one attached hydrogen (secondary N) is 1. The average molecular weight is 269 g/mol. The summed E-state index contributed by atoms with van der Waals surface area (Å²) in [7, 11) is 0. The lowest BCUT2D eigenvalue weighted by Crippen LogP contribution is -2.25. The largest absolute Gasteiger partial charge is 0.443 e. The van der Waals surface area contributed by atoms with Crippen LogP contribution in [0.3, 0.4) is 0 Å². The number of nitrogens with zero attached hydrogens (tertiary/aromatic N) is 3. The molecule has 0 saturated carbocycles. The lowest BCUT2D eigenvalue weighted by molar-refractivity contribution is 0.602. The van der Waals surface area contributed by atoms with Crippen molar-refractivity contribution < 1.29 is 4.42 Å². The first kappa shape index (κ1) is 12.6. The van der Waals surface area contributed by atoms with Crippen molar-refractivity contribution in [2.45, 2.75) is 13.0 Å². The molecular weight excluding hydrogens is 254 g/mol. The summed E-state index contributed by atoms with van der Waals surface area (Å²) in [5, 5.41) is 3.07. The Kier molecular flexibility index (Phi) is 3.30. The second-order valence-electron chi connectivity index (χ2n) is 4.69. The van der Waals surface area contributed by atoms with E-state index in [0.29, 0.717) is 12.5 Å². The van der Waals surface area contributed by atoms with Crippen LogP contribution in [0.2, 0.25) is 0 Å². The SMILES string of the molecule is CC(N)CNc1ncc(-c2ccc3ncoc3c2)cn1. The maximum absolute atomic E-state index is 5.67. The van der Waals surface area contributed by atoms with Gasteiger partial charge in [-0.1, -0.05) is 6.07 Å². The summed E-state index contributed by atoms with van der Waals surface area (Å²) in [6, 6.07) is 5.87. The van der Waals surface area contributed by atoms with Crippen molar-refractivity contribution in [2.75, 3.05) is 11.9 Å². The van der Waals surface area contributed by atoms with Gasteiger partial charge in [0.05, 0.1) is 0 Å². The molecule has 0 spiro atoms. The normalized spacial score (nSPS) is 12.5. The maximum atomic E-state index is 5.67. The van der Waals surface area contributed by atoms with Crippen LogP contribution < -0.4 is 11.1 Å². The highest BCUT2D eigenvalue weighted by Gasteiger charge is 2.04. The van der Waals surface area contributed by atoms with Gasteiger partial charge in [0.1, 0.15) is 5.52 Å². The third kappa shape index (κ3) is 2.60. The second kappa shape index (κ2) is 5.26. The Hall–Kier alpha value is -2.47. The van der Waals surface area contributed by atoms with E-state index in [2.05, 4.69) is 20.3 Å². The zero-order chi connectivity index (χ0) is 13.9. The molecule has 0 aliphatic carbocycles. The van der Waals surface area contributed by atoms with Crippen molar-refractivity contribution in [2.24, 2.45) is 5.73 Å². The highest BCUT2D eigenvalue weighted by Crippen LogP contribution is 2.23. The van der Waals surface area contributed by atoms with Crippen molar-refractivity contribution in [1.82, 2.24) is 15.0 Å². The molecule has 1 aromatic carbocycles. The molecule has 3 aromatic rings. The molecule has 1 unspecified atom stereocenters. The molecule has 0 bridgehead atoms. The lowest BCUT2D eigenvalue weighted by atomic mass is 10.1. The summed E-state index contributed by atoms with van der Waals surface area (Å²) < 4.78 is 5.29. The van der Waals surface area contributed by atoms with Crippen LogP contribution in [0.25, 0.3) is 22.2 Å². The summed E-state index contributed by atoms with van der Waals surface area (Å²) in [5.74, 6) is 0.576. The number of anilines is 1. The standard InChI is InChI=1S/C14H15N5O/c1-9(15)5-16-14-17-6-11(7-18-14)10-2-3-12-13(4-10)20-8-19-12/h2-4,6-9H,5,15H2,1H3,(H,16,17,18). The predicted molar refractivity (Wildman–Crippen MR) is 77.2 cm³/mol. The van der Waals surface area contributed by atoms with E-state index in [1.807, 2.05) is 25.1 Å². The summed E-state index contributed by atoms with van der Waals surface area (Å²) in [5.41, 5.74) is 9.18. The molecular formula is C14H15N5O. The van der Waals surface area contributed by atoms with Gasteiger partial charge in [-0.25, -0.2) is 15.0 Å². The van der Waals surface area contributed by atoms with Crippen LogP contribution in [0.1, 0.15) is 6.92 Å². The Morgan fingerprint density at radius 1 is 1.20 bits per heavy atom. The topological polar surface area (TPSA) is 89.9 Å². The first-order chi connectivity index (χ1) is 9.72. The molecule has 0 aliphatic heterocycles. The Labute approximate surface area is 116 Å². The summed E-state index contributed by atoms with van der Waals surface area (Å²) in [4.78, 5) is 12.6. The maximum Gasteiger partial charge on any atom is 0.222 e. The fourth-order valence-electron chi connectivity index (χ4n) is 1.86. The van der Waals surface area contributed by atoms with Crippen LogP contribution in [0.4, 0.5) is 5.95 Å². The first-order valence-electron chi connectivity index (χ1n) is 6.37. The van der Waals surface area contributed by atoms with E-state index in [-0.39, 0.29) is 6.04 Å². The van der Waals surface area contributed by atoms with Crippen molar-refractivity contribution in [3.63, 3.8) is 0 Å². The molecule has 1 atom stereocenters. The van der Waals surface area contributed by atoms with E-state index in [0.717, 1.165) is 22.2 Å². The fourth-order valence-corrected chi connectivity index (χ4v) is 1.86. The highest BCUT2D eigenvalue weighted by molar-refractivity contribution is 5.79. The quantitative estimate of drug-likeness (QED) is 0.753. The van der Waals surface area contributed by atoms with Crippen molar-refractivity contribution in [3.8, 4) is 11.1 Å². The van der Waals surface area contributed by atoms with Gasteiger partial charge in [0.15, 0.2) is 12.0 Å². The number of aromatic nitrogens is 3. The Morgan fingerprint density at radius 3 is 2.75 bits per heavy atom. The molecule has 6 heteroatoms. The van der Waals surface area contributed by atoms with E-state index in [9.17, 15) is 0 Å². The zero-order valence-corrected chi connectivity index (χ0v) is 11.1. The van der Waals surface area contributed by atoms with Crippen LogP contribution in [0, 0.1) is 0 Å². The van der Waals surface area contributed by atoms with Gasteiger partial charge >= 0.3 is 0 Å². The number of hydrogen-bond donors (Lipinski definition) is 2. The van der Waals surface area contributed by atoms with Gasteiger partial charge in [0.25, 0.3) is 0 Å². The van der Waals surface area contributed by atoms with Crippen molar-refractivity contribution in [1.29, 1.82) is 0 Å². The van der Waals surface area contributed by atoms with Crippen LogP contribution in [-0.4, -0.2) is 27.5 Å². The third-order valence-electron chi connectivity index (χ3n) is 2.90. The highest BCUT2D eigenvalue weighted by atomic mass is 16.3. The molecule has 2 aromatic heterocycles. The van der Waals surface area contributed by atoms with E-state index >= 15 is 0 Å². The number of nitrogens with two attached hydrogens (primary N) is 1. The van der Waals surface area contributed by atoms with Crippen molar-refractivity contribution in [3.05, 3.63) is 37.0 Å². The van der Waals surface area contributed by atoms with Crippen LogP contribution >= 0.6 is 0 Å². The predicted octanol–water partition coefficient (Wildman–Crippen LogP) is 2.04. The van der Waals surface area contributed by atoms with E-state index in [1.54, 1.807) is 12.4 Å². The second-order valence-corrected chi connectivity index (χ2v) is 4.69. The van der Waals surface area contributed by atoms with Crippen molar-refractivity contribution >= 4 is 17.0 Å². The lowest BCUT2D eigenvalue weighted by Gasteiger charge is -2.07. The Balaban J connectivity index is 1.82. The minimum Gasteiger partial charge on any atom is -0.443 e. The summed E-state index contributed by atoms with van der Waals surface area (Å²) in [6.07, 6.45) is 4.98. The van der Waals surface area contributed by atoms with Gasteiger partial charge in [0.2, 0.25) is 5.95 Å². The smallest absolute Gasteiger partial charge is 0.222 e. The zero-order valence-electron chi connectivity index (χ0n) is 11.1. The van der Waals surface area contributed by atoms with E-state index in [1.165, 1.54) is 6.39 Å². The summed E-state index contributed by atoms with van der Waals surface area (Å²) in [6.45, 7) is 2.57. The van der Waals surface area contributed by atoms with Gasteiger partial charge in [-0.3, -0.25) is 0 Å². The van der Waals surface area contributed by atoms with Gasteiger partial charge in [0, 0.05) is 30.5 Å². The number of oxazole rings is 1. The molecule has 102 valence electrons. The van der Waals surface area contributed by atoms with Gasteiger partial charge in [-0.2, -0.15) is 0 Å². The number of hydrogen-bond acceptors (Lipinski definition) is 6. The van der Waals surface area contributed by atoms with Gasteiger partial charge in [-0.15, -0.1) is 0 Å². The molecule has 3 rings (SSSR count). The number of rotatable bonds is 4. The molecule has 0 amide bonds. The monoisotopic (exact) mass is 269 g/mol. The van der Waals surface area contributed by atoms with E-state index < -0.39 is 0 Å². The third-order valence-corrected chi connectivity index (χ3v) is 2.90. The van der Waals surface area contributed by atoms with Gasteiger partial charge in [-0.05, 0) is 24.6 Å². The minimum atomic E-state index is 0.0622. The Morgan fingerprint density at radius 2 is 2.00 bits per heavy atom. The fraction of sp³-hybridized carbons (Fsp3) is 0.214.